The van der Waals surface area contributed by atoms with Gasteiger partial charge in [0.05, 0.1) is 43.7 Å². The zero-order valence-corrected chi connectivity index (χ0v) is 31.3. The number of amides is 2. The van der Waals surface area contributed by atoms with Crippen molar-refractivity contribution in [3.63, 3.8) is 0 Å². The number of hydrogen-bond acceptors (Lipinski definition) is 8. The summed E-state index contributed by atoms with van der Waals surface area (Å²) in [5.74, 6) is -0.535. The van der Waals surface area contributed by atoms with Crippen LogP contribution >= 0.6 is 0 Å². The molecule has 1 aromatic heterocycles. The maximum Gasteiger partial charge on any atom is 0.264 e. The van der Waals surface area contributed by atoms with Crippen LogP contribution in [-0.4, -0.2) is 64.8 Å². The van der Waals surface area contributed by atoms with Gasteiger partial charge in [-0.15, -0.1) is 5.10 Å². The number of carbonyl (C=O) groups excluding carboxylic acids is 2. The number of benzene rings is 4. The number of carbonyl (C=O) groups is 2. The van der Waals surface area contributed by atoms with Crippen LogP contribution in [0.4, 0.5) is 11.4 Å². The quantitative estimate of drug-likeness (QED) is 0.131. The highest BCUT2D eigenvalue weighted by atomic mass is 28.4. The Hall–Kier alpha value is -5.14. The molecule has 2 amide bonds. The number of ether oxygens (including phenoxy) is 2. The molecule has 1 spiro atoms. The molecule has 4 aromatic carbocycles. The summed E-state index contributed by atoms with van der Waals surface area (Å²) in [5, 5.41) is 22.0. The number of anilines is 2. The van der Waals surface area contributed by atoms with Gasteiger partial charge in [-0.1, -0.05) is 72.8 Å². The summed E-state index contributed by atoms with van der Waals surface area (Å²) in [6.07, 6.45) is 1.84. The lowest BCUT2D eigenvalue weighted by atomic mass is 9.82. The fraction of sp³-hybridized carbons (Fsp3) is 0.317. The van der Waals surface area contributed by atoms with Crippen molar-refractivity contribution in [3.05, 3.63) is 137 Å². The van der Waals surface area contributed by atoms with E-state index in [4.69, 9.17) is 9.47 Å². The van der Waals surface area contributed by atoms with Crippen molar-refractivity contribution in [1.82, 2.24) is 15.0 Å². The lowest BCUT2D eigenvalue weighted by molar-refractivity contribution is -0.146. The molecule has 1 unspecified atom stereocenters. The summed E-state index contributed by atoms with van der Waals surface area (Å²) in [5.41, 5.74) is 3.25. The minimum atomic E-state index is -2.94. The molecule has 12 heteroatoms. The average Bonchev–Trinajstić information content (AvgIpc) is 3.82. The van der Waals surface area contributed by atoms with E-state index in [0.717, 1.165) is 11.1 Å². The van der Waals surface area contributed by atoms with Gasteiger partial charge in [0.2, 0.25) is 0 Å². The predicted octanol–water partition coefficient (Wildman–Crippen LogP) is 6.10. The van der Waals surface area contributed by atoms with Crippen LogP contribution in [0.1, 0.15) is 52.0 Å². The van der Waals surface area contributed by atoms with E-state index in [0.29, 0.717) is 53.5 Å². The second-order valence-electron chi connectivity index (χ2n) is 14.5. The molecule has 0 radical (unpaired) electrons. The number of fused-ring (bicyclic) bond motifs is 2. The Kier molecular flexibility index (Phi) is 10.1. The van der Waals surface area contributed by atoms with Gasteiger partial charge in [0.15, 0.2) is 13.9 Å². The molecule has 0 aliphatic carbocycles. The molecule has 274 valence electrons. The van der Waals surface area contributed by atoms with Gasteiger partial charge in [-0.05, 0) is 73.1 Å². The maximum absolute atomic E-state index is 14.9. The Morgan fingerprint density at radius 1 is 1.02 bits per heavy atom. The van der Waals surface area contributed by atoms with Crippen LogP contribution in [0.5, 0.6) is 5.75 Å². The Morgan fingerprint density at radius 3 is 2.38 bits per heavy atom. The maximum atomic E-state index is 14.9. The van der Waals surface area contributed by atoms with E-state index in [1.54, 1.807) is 47.0 Å². The first-order valence-corrected chi connectivity index (χ1v) is 21.0. The standard InChI is InChI=1S/C41H45N5O6Si/c1-27-38(53(3,4)50)37(21-22-45-25-35(43-44-45)33(26-47)29-13-9-6-10-14-29)52-41(27)34-23-31(42-39(48)30-15-18-32(51-2)19-16-30)17-20-36(34)46(40(41)49)24-28-11-7-5-8-12-28/h5-20,23,25,27,33,37-38,47,50H,21-22,24,26H2,1-4H3,(H,42,48)/t27-,33?,37+,38-,41+/m1/s1. The number of rotatable bonds is 12. The van der Waals surface area contributed by atoms with Crippen LogP contribution in [0.2, 0.25) is 18.6 Å². The van der Waals surface area contributed by atoms with E-state index in [-0.39, 0.29) is 35.8 Å². The lowest BCUT2D eigenvalue weighted by Gasteiger charge is -2.32. The zero-order chi connectivity index (χ0) is 37.3. The van der Waals surface area contributed by atoms with E-state index < -0.39 is 20.0 Å². The molecule has 3 N–H and O–H groups in total. The number of aryl methyl sites for hydroxylation is 1. The van der Waals surface area contributed by atoms with E-state index in [2.05, 4.69) is 15.6 Å². The fourth-order valence-electron chi connectivity index (χ4n) is 8.19. The van der Waals surface area contributed by atoms with E-state index in [1.807, 2.05) is 99.0 Å². The van der Waals surface area contributed by atoms with Gasteiger partial charge in [-0.3, -0.25) is 14.3 Å². The predicted molar refractivity (Wildman–Crippen MR) is 204 cm³/mol. The first-order chi connectivity index (χ1) is 25.5. The molecule has 5 aromatic rings. The highest BCUT2D eigenvalue weighted by Gasteiger charge is 2.66. The van der Waals surface area contributed by atoms with Crippen LogP contribution in [0, 0.1) is 5.92 Å². The highest BCUT2D eigenvalue weighted by molar-refractivity contribution is 6.71. The number of aliphatic hydroxyl groups excluding tert-OH is 1. The van der Waals surface area contributed by atoms with Crippen LogP contribution < -0.4 is 15.0 Å². The van der Waals surface area contributed by atoms with Gasteiger partial charge >= 0.3 is 0 Å². The topological polar surface area (TPSA) is 139 Å². The lowest BCUT2D eigenvalue weighted by Crippen LogP contribution is -2.46. The number of methoxy groups -OCH3 is 1. The Labute approximate surface area is 310 Å². The van der Waals surface area contributed by atoms with Crippen molar-refractivity contribution in [1.29, 1.82) is 0 Å². The number of nitrogens with zero attached hydrogens (tertiary/aromatic N) is 4. The first-order valence-electron chi connectivity index (χ1n) is 17.9. The van der Waals surface area contributed by atoms with Gasteiger partial charge in [0, 0.05) is 41.0 Å². The summed E-state index contributed by atoms with van der Waals surface area (Å²) in [7, 11) is -1.36. The van der Waals surface area contributed by atoms with Crippen LogP contribution in [-0.2, 0) is 28.2 Å². The summed E-state index contributed by atoms with van der Waals surface area (Å²) < 4.78 is 14.0. The molecule has 5 atom stereocenters. The van der Waals surface area contributed by atoms with Crippen molar-refractivity contribution in [2.75, 3.05) is 23.9 Å². The van der Waals surface area contributed by atoms with Gasteiger partial charge in [0.1, 0.15) is 5.75 Å². The Morgan fingerprint density at radius 2 is 1.72 bits per heavy atom. The molecule has 11 nitrogen and oxygen atoms in total. The molecular formula is C41H45N5O6Si. The van der Waals surface area contributed by atoms with Gasteiger partial charge < -0.3 is 29.6 Å². The summed E-state index contributed by atoms with van der Waals surface area (Å²) in [6.45, 7) is 6.47. The number of aromatic nitrogens is 3. The summed E-state index contributed by atoms with van der Waals surface area (Å²) in [4.78, 5) is 41.9. The zero-order valence-electron chi connectivity index (χ0n) is 30.3. The van der Waals surface area contributed by atoms with Gasteiger partial charge in [0.25, 0.3) is 11.8 Å². The van der Waals surface area contributed by atoms with E-state index in [9.17, 15) is 19.5 Å². The minimum Gasteiger partial charge on any atom is -0.497 e. The molecular weight excluding hydrogens is 687 g/mol. The number of nitrogens with one attached hydrogen (secondary N) is 1. The average molecular weight is 732 g/mol. The van der Waals surface area contributed by atoms with Crippen LogP contribution in [0.3, 0.4) is 0 Å². The normalized spacial score (nSPS) is 21.5. The molecule has 1 saturated heterocycles. The SMILES string of the molecule is COc1ccc(C(=O)Nc2ccc3c(c2)[C@]2(O[C@@H](CCn4cc(C(CO)c5ccccc5)nn4)[C@H]([Si](C)(C)O)[C@H]2C)C(=O)N3Cc2ccccc2)cc1. The van der Waals surface area contributed by atoms with Crippen molar-refractivity contribution < 1.29 is 29.0 Å². The van der Waals surface area contributed by atoms with Crippen molar-refractivity contribution >= 4 is 31.5 Å². The molecule has 0 bridgehead atoms. The third-order valence-corrected chi connectivity index (χ3v) is 13.2. The Balaban J connectivity index is 1.21. The van der Waals surface area contributed by atoms with Crippen molar-refractivity contribution in [2.45, 2.75) is 62.7 Å². The Bertz CT molecular complexity index is 2070. The summed E-state index contributed by atoms with van der Waals surface area (Å²) in [6, 6.07) is 31.9. The third-order valence-electron chi connectivity index (χ3n) is 10.7. The largest absolute Gasteiger partial charge is 0.497 e. The van der Waals surface area contributed by atoms with E-state index in [1.165, 1.54) is 0 Å². The van der Waals surface area contributed by atoms with Gasteiger partial charge in [-0.25, -0.2) is 0 Å². The second kappa shape index (κ2) is 14.7. The smallest absolute Gasteiger partial charge is 0.264 e. The molecule has 3 heterocycles. The van der Waals surface area contributed by atoms with Gasteiger partial charge in [-0.2, -0.15) is 0 Å². The van der Waals surface area contributed by atoms with E-state index >= 15 is 0 Å². The minimum absolute atomic E-state index is 0.107. The molecule has 0 saturated carbocycles. The molecule has 2 aliphatic rings. The first kappa shape index (κ1) is 36.2. The fourth-order valence-corrected chi connectivity index (χ4v) is 10.8. The number of aliphatic hydroxyl groups is 1. The molecule has 7 rings (SSSR count). The van der Waals surface area contributed by atoms with Crippen LogP contribution in [0.15, 0.2) is 109 Å². The van der Waals surface area contributed by atoms with Crippen LogP contribution in [0.25, 0.3) is 0 Å². The monoisotopic (exact) mass is 731 g/mol. The molecule has 53 heavy (non-hydrogen) atoms. The molecule has 1 fully saturated rings. The molecule has 2 aliphatic heterocycles. The number of hydrogen-bond donors (Lipinski definition) is 3. The van der Waals surface area contributed by atoms with Crippen molar-refractivity contribution in [2.24, 2.45) is 5.92 Å². The summed E-state index contributed by atoms with van der Waals surface area (Å²) >= 11 is 0. The highest BCUT2D eigenvalue weighted by Crippen LogP contribution is 2.60. The van der Waals surface area contributed by atoms with Crippen molar-refractivity contribution in [3.8, 4) is 5.75 Å². The third kappa shape index (κ3) is 6.90. The second-order valence-corrected chi connectivity index (χ2v) is 18.5.